The van der Waals surface area contributed by atoms with Crippen molar-refractivity contribution >= 4 is 57.8 Å². The molecule has 11 heteroatoms. The molecule has 1 aromatic carbocycles. The van der Waals surface area contributed by atoms with Crippen LogP contribution >= 0.6 is 11.6 Å². The first kappa shape index (κ1) is 25.7. The van der Waals surface area contributed by atoms with Gasteiger partial charge in [0.15, 0.2) is 0 Å². The van der Waals surface area contributed by atoms with Crippen molar-refractivity contribution < 1.29 is 28.3 Å². The SMILES string of the molecule is COC(=O)c1cccc2oc(C(=O)Nc3ccc(Cl)cn3)c(NC(=O)[C@H]3CC[C@H](N4CCCC4=O)CC3)c12. The maximum absolute atomic E-state index is 13.4. The topological polar surface area (TPSA) is 131 Å². The third-order valence-electron chi connectivity index (χ3n) is 7.16. The van der Waals surface area contributed by atoms with Gasteiger partial charge in [-0.15, -0.1) is 0 Å². The van der Waals surface area contributed by atoms with Gasteiger partial charge in [0.2, 0.25) is 17.6 Å². The summed E-state index contributed by atoms with van der Waals surface area (Å²) in [7, 11) is 1.25. The van der Waals surface area contributed by atoms with Gasteiger partial charge in [0.1, 0.15) is 17.1 Å². The number of rotatable bonds is 6. The van der Waals surface area contributed by atoms with E-state index in [0.29, 0.717) is 24.3 Å². The molecule has 2 fully saturated rings. The second-order valence-electron chi connectivity index (χ2n) is 9.48. The number of ether oxygens (including phenoxy) is 1. The zero-order chi connectivity index (χ0) is 26.8. The highest BCUT2D eigenvalue weighted by Gasteiger charge is 2.35. The Balaban J connectivity index is 1.42. The first-order valence-corrected chi connectivity index (χ1v) is 12.9. The average Bonchev–Trinajstić information content (AvgIpc) is 3.53. The first-order chi connectivity index (χ1) is 18.4. The van der Waals surface area contributed by atoms with Gasteiger partial charge in [-0.25, -0.2) is 9.78 Å². The highest BCUT2D eigenvalue weighted by Crippen LogP contribution is 2.37. The molecule has 1 saturated heterocycles. The highest BCUT2D eigenvalue weighted by molar-refractivity contribution is 6.30. The first-order valence-electron chi connectivity index (χ1n) is 12.5. The van der Waals surface area contributed by atoms with Crippen LogP contribution in [0.1, 0.15) is 59.4 Å². The number of halogens is 1. The molecule has 0 radical (unpaired) electrons. The number of anilines is 2. The lowest BCUT2D eigenvalue weighted by Crippen LogP contribution is -2.40. The molecule has 0 spiro atoms. The van der Waals surface area contributed by atoms with Gasteiger partial charge in [0.05, 0.1) is 23.1 Å². The second-order valence-corrected chi connectivity index (χ2v) is 9.91. The minimum absolute atomic E-state index is 0.0920. The molecule has 5 rings (SSSR count). The van der Waals surface area contributed by atoms with Gasteiger partial charge < -0.3 is 24.7 Å². The standard InChI is InChI=1S/C27H27ClN4O6/c1-37-27(36)18-4-2-5-19-22(18)23(24(38-19)26(35)30-20-12-9-16(28)14-29-20)31-25(34)15-7-10-17(11-8-15)32-13-3-6-21(32)33/h2,4-5,9,12,14-15,17H,3,6-8,10-11,13H2,1H3,(H,31,34)(H,29,30,35)/t15-,17-. The fourth-order valence-electron chi connectivity index (χ4n) is 5.26. The smallest absolute Gasteiger partial charge is 0.338 e. The summed E-state index contributed by atoms with van der Waals surface area (Å²) in [5.74, 6) is -1.63. The number of hydrogen-bond donors (Lipinski definition) is 2. The fraction of sp³-hybridized carbons (Fsp3) is 0.370. The van der Waals surface area contributed by atoms with Crippen molar-refractivity contribution in [1.29, 1.82) is 0 Å². The Bertz CT molecular complexity index is 1390. The number of nitrogens with one attached hydrogen (secondary N) is 2. The lowest BCUT2D eigenvalue weighted by Gasteiger charge is -2.34. The summed E-state index contributed by atoms with van der Waals surface area (Å²) < 4.78 is 10.8. The molecule has 3 heterocycles. The number of benzene rings is 1. The van der Waals surface area contributed by atoms with Gasteiger partial charge in [-0.3, -0.25) is 14.4 Å². The van der Waals surface area contributed by atoms with E-state index in [-0.39, 0.29) is 57.6 Å². The van der Waals surface area contributed by atoms with Crippen molar-refractivity contribution in [2.75, 3.05) is 24.3 Å². The number of amides is 3. The lowest BCUT2D eigenvalue weighted by atomic mass is 9.84. The molecule has 198 valence electrons. The monoisotopic (exact) mass is 538 g/mol. The quantitative estimate of drug-likeness (QED) is 0.437. The molecule has 3 amide bonds. The van der Waals surface area contributed by atoms with Crippen LogP contribution in [0.15, 0.2) is 40.9 Å². The maximum atomic E-state index is 13.4. The molecule has 1 aliphatic carbocycles. The Kier molecular flexibility index (Phi) is 7.33. The van der Waals surface area contributed by atoms with Crippen LogP contribution in [0, 0.1) is 5.92 Å². The molecule has 2 N–H and O–H groups in total. The number of fused-ring (bicyclic) bond motifs is 1. The zero-order valence-electron chi connectivity index (χ0n) is 20.8. The Hall–Kier alpha value is -3.92. The Morgan fingerprint density at radius 1 is 1.11 bits per heavy atom. The van der Waals surface area contributed by atoms with Gasteiger partial charge >= 0.3 is 5.97 Å². The minimum Gasteiger partial charge on any atom is -0.465 e. The number of furan rings is 1. The van der Waals surface area contributed by atoms with Crippen molar-refractivity contribution in [3.8, 4) is 0 Å². The number of pyridine rings is 1. The highest BCUT2D eigenvalue weighted by atomic mass is 35.5. The third kappa shape index (κ3) is 5.08. The van der Waals surface area contributed by atoms with Crippen LogP contribution in [-0.2, 0) is 14.3 Å². The van der Waals surface area contributed by atoms with E-state index in [4.69, 9.17) is 20.8 Å². The third-order valence-corrected chi connectivity index (χ3v) is 7.39. The summed E-state index contributed by atoms with van der Waals surface area (Å²) in [6, 6.07) is 8.01. The van der Waals surface area contributed by atoms with E-state index >= 15 is 0 Å². The number of aromatic nitrogens is 1. The van der Waals surface area contributed by atoms with Gasteiger partial charge in [-0.05, 0) is 56.4 Å². The molecule has 2 aliphatic rings. The number of carbonyl (C=O) groups is 4. The fourth-order valence-corrected chi connectivity index (χ4v) is 5.37. The Morgan fingerprint density at radius 3 is 2.55 bits per heavy atom. The Labute approximate surface area is 223 Å². The molecule has 3 aromatic rings. The largest absolute Gasteiger partial charge is 0.465 e. The van der Waals surface area contributed by atoms with E-state index < -0.39 is 11.9 Å². The van der Waals surface area contributed by atoms with Crippen LogP contribution in [0.4, 0.5) is 11.5 Å². The van der Waals surface area contributed by atoms with Crippen LogP contribution in [0.2, 0.25) is 5.02 Å². The van der Waals surface area contributed by atoms with Crippen LogP contribution in [0.5, 0.6) is 0 Å². The van der Waals surface area contributed by atoms with Gasteiger partial charge in [0, 0.05) is 31.1 Å². The van der Waals surface area contributed by atoms with Crippen molar-refractivity contribution in [3.05, 3.63) is 52.9 Å². The maximum Gasteiger partial charge on any atom is 0.338 e. The van der Waals surface area contributed by atoms with Crippen molar-refractivity contribution in [1.82, 2.24) is 9.88 Å². The van der Waals surface area contributed by atoms with Crippen molar-refractivity contribution in [2.45, 2.75) is 44.6 Å². The number of methoxy groups -OCH3 is 1. The number of likely N-dealkylation sites (tertiary alicyclic amines) is 1. The van der Waals surface area contributed by atoms with E-state index in [0.717, 1.165) is 25.8 Å². The molecule has 10 nitrogen and oxygen atoms in total. The van der Waals surface area contributed by atoms with Crippen LogP contribution < -0.4 is 10.6 Å². The van der Waals surface area contributed by atoms with Crippen LogP contribution in [0.3, 0.4) is 0 Å². The van der Waals surface area contributed by atoms with E-state index in [1.54, 1.807) is 24.3 Å². The Morgan fingerprint density at radius 2 is 1.89 bits per heavy atom. The van der Waals surface area contributed by atoms with E-state index in [9.17, 15) is 19.2 Å². The summed E-state index contributed by atoms with van der Waals surface area (Å²) in [5.41, 5.74) is 0.493. The van der Waals surface area contributed by atoms with Crippen molar-refractivity contribution in [2.24, 2.45) is 5.92 Å². The number of nitrogens with zero attached hydrogens (tertiary/aromatic N) is 2. The van der Waals surface area contributed by atoms with Gasteiger partial charge in [-0.1, -0.05) is 17.7 Å². The van der Waals surface area contributed by atoms with E-state index in [2.05, 4.69) is 15.6 Å². The number of esters is 1. The molecular weight excluding hydrogens is 512 g/mol. The molecular formula is C27H27ClN4O6. The van der Waals surface area contributed by atoms with Gasteiger partial charge in [-0.2, -0.15) is 0 Å². The molecule has 0 unspecified atom stereocenters. The summed E-state index contributed by atoms with van der Waals surface area (Å²) in [4.78, 5) is 57.3. The zero-order valence-corrected chi connectivity index (χ0v) is 21.5. The van der Waals surface area contributed by atoms with Crippen LogP contribution in [0.25, 0.3) is 11.0 Å². The summed E-state index contributed by atoms with van der Waals surface area (Å²) in [6.07, 6.45) is 5.54. The van der Waals surface area contributed by atoms with Crippen molar-refractivity contribution in [3.63, 3.8) is 0 Å². The molecule has 1 aliphatic heterocycles. The molecule has 1 saturated carbocycles. The average molecular weight is 539 g/mol. The summed E-state index contributed by atoms with van der Waals surface area (Å²) in [6.45, 7) is 0.776. The lowest BCUT2D eigenvalue weighted by molar-refractivity contribution is -0.130. The molecule has 0 bridgehead atoms. The van der Waals surface area contributed by atoms with E-state index in [1.165, 1.54) is 19.4 Å². The number of carbonyl (C=O) groups excluding carboxylic acids is 4. The predicted molar refractivity (Wildman–Crippen MR) is 140 cm³/mol. The van der Waals surface area contributed by atoms with Gasteiger partial charge in [0.25, 0.3) is 5.91 Å². The molecule has 2 aromatic heterocycles. The molecule has 38 heavy (non-hydrogen) atoms. The summed E-state index contributed by atoms with van der Waals surface area (Å²) >= 11 is 5.88. The normalized spacial score (nSPS) is 19.4. The second kappa shape index (κ2) is 10.8. The molecule has 0 atom stereocenters. The minimum atomic E-state index is -0.654. The van der Waals surface area contributed by atoms with Crippen LogP contribution in [-0.4, -0.2) is 53.3 Å². The summed E-state index contributed by atoms with van der Waals surface area (Å²) in [5, 5.41) is 6.19. The predicted octanol–water partition coefficient (Wildman–Crippen LogP) is 4.64. The number of hydrogen-bond acceptors (Lipinski definition) is 7. The van der Waals surface area contributed by atoms with E-state index in [1.807, 2.05) is 4.90 Å².